The van der Waals surface area contributed by atoms with Crippen molar-refractivity contribution < 1.29 is 31.9 Å². The van der Waals surface area contributed by atoms with E-state index in [1.165, 1.54) is 6.08 Å². The summed E-state index contributed by atoms with van der Waals surface area (Å²) in [6, 6.07) is 0. The average molecular weight is 142 g/mol. The van der Waals surface area contributed by atoms with E-state index in [0.29, 0.717) is 0 Å². The molecule has 0 aromatic carbocycles. The van der Waals surface area contributed by atoms with Gasteiger partial charge in [-0.25, -0.2) is 0 Å². The normalized spacial score (nSPS) is 2.60. The summed E-state index contributed by atoms with van der Waals surface area (Å²) in [4.78, 5) is 0. The molecule has 0 rings (SSSR count). The van der Waals surface area contributed by atoms with E-state index < -0.39 is 0 Å². The van der Waals surface area contributed by atoms with Gasteiger partial charge in [0.25, 0.3) is 0 Å². The molecule has 0 atom stereocenters. The second kappa shape index (κ2) is 22.7. The van der Waals surface area contributed by atoms with Gasteiger partial charge in [-0.05, 0) is 0 Å². The summed E-state index contributed by atoms with van der Waals surface area (Å²) >= 11 is 0. The molecule has 0 radical (unpaired) electrons. The van der Waals surface area contributed by atoms with Crippen LogP contribution in [-0.2, 0) is 19.5 Å². The molecule has 26 valence electrons. The monoisotopic (exact) mass is 140 g/mol. The standard InChI is InChI=1S/C3H5.ClH.Zn/c1-3-2;;/h1,3H,2H3;1H;/q-1;;+2/p-1. The van der Waals surface area contributed by atoms with Crippen LogP contribution in [0.4, 0.5) is 0 Å². The third kappa shape index (κ3) is 76.7. The minimum Gasteiger partial charge on any atom is -1.00 e. The molecule has 0 aliphatic rings. The van der Waals surface area contributed by atoms with Crippen molar-refractivity contribution in [3.63, 3.8) is 0 Å². The molecule has 0 nitrogen and oxygen atoms in total. The first-order valence-corrected chi connectivity index (χ1v) is 0.911. The van der Waals surface area contributed by atoms with Crippen LogP contribution in [0.15, 0.2) is 6.08 Å². The maximum Gasteiger partial charge on any atom is 2.00 e. The molecule has 5 heavy (non-hydrogen) atoms. The fourth-order valence-corrected chi connectivity index (χ4v) is 0. The van der Waals surface area contributed by atoms with E-state index >= 15 is 0 Å². The van der Waals surface area contributed by atoms with Crippen LogP contribution in [0.1, 0.15) is 6.92 Å². The van der Waals surface area contributed by atoms with Gasteiger partial charge in [-0.2, -0.15) is 0 Å². The van der Waals surface area contributed by atoms with Gasteiger partial charge in [0.15, 0.2) is 0 Å². The maximum atomic E-state index is 4.72. The molecule has 0 bridgehead atoms. The molecular weight excluding hydrogens is 137 g/mol. The molecule has 2 heteroatoms. The first-order chi connectivity index (χ1) is 1.41. The van der Waals surface area contributed by atoms with E-state index in [0.717, 1.165) is 0 Å². The molecule has 0 aromatic rings. The summed E-state index contributed by atoms with van der Waals surface area (Å²) < 4.78 is 0. The van der Waals surface area contributed by atoms with Gasteiger partial charge in [-0.3, -0.25) is 6.08 Å². The van der Waals surface area contributed by atoms with Crippen molar-refractivity contribution in [2.75, 3.05) is 0 Å². The van der Waals surface area contributed by atoms with E-state index in [-0.39, 0.29) is 31.9 Å². The van der Waals surface area contributed by atoms with Crippen LogP contribution in [0.5, 0.6) is 0 Å². The number of halogens is 1. The van der Waals surface area contributed by atoms with Crippen molar-refractivity contribution >= 4 is 0 Å². The maximum absolute atomic E-state index is 4.72. The Kier molecular flexibility index (Phi) is 79.0. The Balaban J connectivity index is -0.0000000200. The smallest absolute Gasteiger partial charge is 1.00 e. The molecule has 0 saturated heterocycles. The zero-order chi connectivity index (χ0) is 2.71. The van der Waals surface area contributed by atoms with Crippen molar-refractivity contribution in [1.29, 1.82) is 0 Å². The van der Waals surface area contributed by atoms with Crippen LogP contribution >= 0.6 is 0 Å². The van der Waals surface area contributed by atoms with E-state index in [9.17, 15) is 0 Å². The van der Waals surface area contributed by atoms with Gasteiger partial charge in [0.2, 0.25) is 0 Å². The molecule has 0 amide bonds. The molecule has 0 fully saturated rings. The van der Waals surface area contributed by atoms with Crippen LogP contribution in [0.2, 0.25) is 0 Å². The van der Waals surface area contributed by atoms with Crippen LogP contribution in [0, 0.1) is 6.58 Å². The zero-order valence-electron chi connectivity index (χ0n) is 3.24. The topological polar surface area (TPSA) is 0 Å². The van der Waals surface area contributed by atoms with Gasteiger partial charge in [-0.1, -0.05) is 6.92 Å². The summed E-state index contributed by atoms with van der Waals surface area (Å²) in [7, 11) is 0. The van der Waals surface area contributed by atoms with Crippen LogP contribution in [-0.4, -0.2) is 0 Å². The molecule has 0 heterocycles. The predicted molar refractivity (Wildman–Crippen MR) is 14.5 cm³/mol. The quantitative estimate of drug-likeness (QED) is 0.271. The molecule has 0 aliphatic carbocycles. The van der Waals surface area contributed by atoms with Gasteiger partial charge in [0, 0.05) is 0 Å². The molecular formula is C3H5ClZn. The first-order valence-electron chi connectivity index (χ1n) is 0.911. The largest absolute Gasteiger partial charge is 2.00 e. The number of rotatable bonds is 0. The van der Waals surface area contributed by atoms with Crippen LogP contribution < -0.4 is 12.4 Å². The SMILES string of the molecule is [CH-]=CC.[Cl-].[Zn+2]. The Morgan fingerprint density at radius 2 is 1.60 bits per heavy atom. The van der Waals surface area contributed by atoms with Gasteiger partial charge >= 0.3 is 19.5 Å². The first kappa shape index (κ1) is 17.4. The van der Waals surface area contributed by atoms with Crippen molar-refractivity contribution in [2.45, 2.75) is 6.92 Å². The van der Waals surface area contributed by atoms with Crippen molar-refractivity contribution in [3.8, 4) is 0 Å². The molecule has 0 saturated carbocycles. The minimum absolute atomic E-state index is 0. The Hall–Kier alpha value is 0.653. The van der Waals surface area contributed by atoms with Crippen molar-refractivity contribution in [2.24, 2.45) is 0 Å². The average Bonchev–Trinajstić information content (AvgIpc) is 0.918. The summed E-state index contributed by atoms with van der Waals surface area (Å²) in [6.45, 7) is 6.50. The fourth-order valence-electron chi connectivity index (χ4n) is 0. The molecule has 0 aromatic heterocycles. The molecule has 0 unspecified atom stereocenters. The van der Waals surface area contributed by atoms with Crippen LogP contribution in [0.25, 0.3) is 0 Å². The van der Waals surface area contributed by atoms with E-state index in [4.69, 9.17) is 6.58 Å². The van der Waals surface area contributed by atoms with Gasteiger partial charge in [0.1, 0.15) is 0 Å². The number of hydrogen-bond donors (Lipinski definition) is 0. The van der Waals surface area contributed by atoms with E-state index in [1.54, 1.807) is 6.92 Å². The van der Waals surface area contributed by atoms with Crippen molar-refractivity contribution in [3.05, 3.63) is 12.7 Å². The van der Waals surface area contributed by atoms with Crippen molar-refractivity contribution in [1.82, 2.24) is 0 Å². The second-order valence-electron chi connectivity index (χ2n) is 0.333. The van der Waals surface area contributed by atoms with E-state index in [1.807, 2.05) is 0 Å². The molecule has 0 N–H and O–H groups in total. The Labute approximate surface area is 51.8 Å². The summed E-state index contributed by atoms with van der Waals surface area (Å²) in [5.74, 6) is 0. The molecule has 0 spiro atoms. The Morgan fingerprint density at radius 1 is 1.60 bits per heavy atom. The summed E-state index contributed by atoms with van der Waals surface area (Å²) in [6.07, 6.45) is 1.50. The summed E-state index contributed by atoms with van der Waals surface area (Å²) in [5.41, 5.74) is 0. The van der Waals surface area contributed by atoms with Crippen LogP contribution in [0.3, 0.4) is 0 Å². The summed E-state index contributed by atoms with van der Waals surface area (Å²) in [5, 5.41) is 0. The second-order valence-corrected chi connectivity index (χ2v) is 0.333. The Bertz CT molecular complexity index is 14.4. The van der Waals surface area contributed by atoms with Gasteiger partial charge in [0.05, 0.1) is 0 Å². The third-order valence-electron chi connectivity index (χ3n) is 0. The molecule has 0 aliphatic heterocycles. The zero-order valence-corrected chi connectivity index (χ0v) is 6.96. The predicted octanol–water partition coefficient (Wildman–Crippen LogP) is -2.00. The Morgan fingerprint density at radius 3 is 1.60 bits per heavy atom. The third-order valence-corrected chi connectivity index (χ3v) is 0. The minimum atomic E-state index is 0. The van der Waals surface area contributed by atoms with Gasteiger partial charge in [-0.15, -0.1) is 0 Å². The fraction of sp³-hybridized carbons (Fsp3) is 0.333. The van der Waals surface area contributed by atoms with E-state index in [2.05, 4.69) is 0 Å². The number of allylic oxidation sites excluding steroid dienone is 1. The number of hydrogen-bond acceptors (Lipinski definition) is 0. The van der Waals surface area contributed by atoms with Gasteiger partial charge < -0.3 is 19.0 Å².